The third-order valence-corrected chi connectivity index (χ3v) is 2.36. The van der Waals surface area contributed by atoms with Gasteiger partial charge in [0.15, 0.2) is 0 Å². The Bertz CT molecular complexity index is 471. The Hall–Kier alpha value is -1.71. The first-order chi connectivity index (χ1) is 7.79. The summed E-state index contributed by atoms with van der Waals surface area (Å²) in [6, 6.07) is 14.1. The third kappa shape index (κ3) is 2.45. The molecule has 2 aromatic carbocycles. The highest BCUT2D eigenvalue weighted by molar-refractivity contribution is 6.32. The molecule has 0 fully saturated rings. The van der Waals surface area contributed by atoms with E-state index in [1.807, 2.05) is 17.6 Å². The van der Waals surface area contributed by atoms with Crippen LogP contribution in [-0.2, 0) is 0 Å². The normalized spacial score (nSPS) is 9.88. The zero-order valence-electron chi connectivity index (χ0n) is 8.35. The molecule has 16 heavy (non-hydrogen) atoms. The molecule has 2 N–H and O–H groups in total. The molecular weight excluding hydrogens is 226 g/mol. The lowest BCUT2D eigenvalue weighted by atomic mass is 10.3. The molecule has 0 aliphatic heterocycles. The molecule has 0 saturated carbocycles. The van der Waals surface area contributed by atoms with Crippen LogP contribution in [0.4, 0.5) is 5.69 Å². The Morgan fingerprint density at radius 2 is 1.69 bits per heavy atom. The number of para-hydroxylation sites is 1. The average molecular weight is 236 g/mol. The van der Waals surface area contributed by atoms with Crippen molar-refractivity contribution in [2.45, 2.75) is 0 Å². The van der Waals surface area contributed by atoms with Crippen molar-refractivity contribution in [2.75, 3.05) is 5.48 Å². The minimum Gasteiger partial charge on any atom is -0.456 e. The van der Waals surface area contributed by atoms with Gasteiger partial charge >= 0.3 is 0 Å². The van der Waals surface area contributed by atoms with Gasteiger partial charge in [-0.15, -0.1) is 0 Å². The number of hydrogen-bond acceptors (Lipinski definition) is 3. The molecule has 0 aromatic heterocycles. The van der Waals surface area contributed by atoms with Crippen molar-refractivity contribution in [1.29, 1.82) is 0 Å². The number of rotatable bonds is 3. The molecule has 0 atom stereocenters. The highest BCUT2D eigenvalue weighted by Crippen LogP contribution is 2.29. The van der Waals surface area contributed by atoms with Gasteiger partial charge < -0.3 is 4.74 Å². The molecule has 0 aliphatic rings. The van der Waals surface area contributed by atoms with Gasteiger partial charge in [-0.3, -0.25) is 10.7 Å². The Kier molecular flexibility index (Phi) is 3.29. The minimum absolute atomic E-state index is 0.562. The Morgan fingerprint density at radius 3 is 2.31 bits per heavy atom. The number of benzene rings is 2. The lowest BCUT2D eigenvalue weighted by molar-refractivity contribution is 0.388. The third-order valence-electron chi connectivity index (χ3n) is 2.05. The van der Waals surface area contributed by atoms with Crippen molar-refractivity contribution in [2.24, 2.45) is 0 Å². The van der Waals surface area contributed by atoms with E-state index in [-0.39, 0.29) is 0 Å². The van der Waals surface area contributed by atoms with E-state index >= 15 is 0 Å². The van der Waals surface area contributed by atoms with Gasteiger partial charge in [-0.25, -0.2) is 0 Å². The largest absolute Gasteiger partial charge is 0.456 e. The molecule has 0 spiro atoms. The number of hydrogen-bond donors (Lipinski definition) is 2. The van der Waals surface area contributed by atoms with Gasteiger partial charge in [0, 0.05) is 0 Å². The van der Waals surface area contributed by atoms with E-state index in [0.717, 1.165) is 0 Å². The Labute approximate surface area is 98.2 Å². The lowest BCUT2D eigenvalue weighted by Gasteiger charge is -2.07. The molecular formula is C12H10ClNO2. The molecule has 2 rings (SSSR count). The maximum atomic E-state index is 8.65. The van der Waals surface area contributed by atoms with Crippen LogP contribution in [-0.4, -0.2) is 5.21 Å². The minimum atomic E-state index is 0.562. The molecule has 0 aliphatic carbocycles. The first-order valence-electron chi connectivity index (χ1n) is 4.72. The quantitative estimate of drug-likeness (QED) is 0.792. The number of ether oxygens (including phenoxy) is 1. The summed E-state index contributed by atoms with van der Waals surface area (Å²) >= 11 is 5.96. The van der Waals surface area contributed by atoms with Crippen molar-refractivity contribution in [3.8, 4) is 11.5 Å². The van der Waals surface area contributed by atoms with E-state index in [1.165, 1.54) is 0 Å². The summed E-state index contributed by atoms with van der Waals surface area (Å²) in [6.07, 6.45) is 0. The summed E-state index contributed by atoms with van der Waals surface area (Å²) in [4.78, 5) is 0. The topological polar surface area (TPSA) is 41.5 Å². The monoisotopic (exact) mass is 235 g/mol. The van der Waals surface area contributed by atoms with Crippen molar-refractivity contribution in [3.63, 3.8) is 0 Å². The molecule has 0 heterocycles. The summed E-state index contributed by atoms with van der Waals surface area (Å²) in [5, 5.41) is 9.21. The van der Waals surface area contributed by atoms with Crippen LogP contribution in [0.1, 0.15) is 0 Å². The van der Waals surface area contributed by atoms with E-state index in [2.05, 4.69) is 0 Å². The first kappa shape index (κ1) is 10.8. The van der Waals surface area contributed by atoms with Gasteiger partial charge in [0.1, 0.15) is 11.5 Å². The summed E-state index contributed by atoms with van der Waals surface area (Å²) < 4.78 is 5.57. The van der Waals surface area contributed by atoms with Crippen molar-refractivity contribution < 1.29 is 9.94 Å². The predicted molar refractivity (Wildman–Crippen MR) is 63.4 cm³/mol. The number of anilines is 1. The van der Waals surface area contributed by atoms with Gasteiger partial charge in [0.05, 0.1) is 10.7 Å². The van der Waals surface area contributed by atoms with Crippen LogP contribution in [0, 0.1) is 0 Å². The Morgan fingerprint density at radius 1 is 1.00 bits per heavy atom. The molecule has 0 bridgehead atoms. The predicted octanol–water partition coefficient (Wildman–Crippen LogP) is 3.93. The van der Waals surface area contributed by atoms with Crippen molar-refractivity contribution in [1.82, 2.24) is 0 Å². The maximum absolute atomic E-state index is 8.65. The van der Waals surface area contributed by atoms with Gasteiger partial charge in [-0.05, 0) is 36.4 Å². The number of nitrogens with one attached hydrogen (secondary N) is 1. The van der Waals surface area contributed by atoms with Crippen LogP contribution in [0.3, 0.4) is 0 Å². The molecule has 0 unspecified atom stereocenters. The van der Waals surface area contributed by atoms with Gasteiger partial charge in [-0.2, -0.15) is 0 Å². The highest BCUT2D eigenvalue weighted by Gasteiger charge is 2.01. The second kappa shape index (κ2) is 4.88. The van der Waals surface area contributed by atoms with E-state index < -0.39 is 0 Å². The van der Waals surface area contributed by atoms with Crippen molar-refractivity contribution >= 4 is 17.3 Å². The van der Waals surface area contributed by atoms with Crippen LogP contribution < -0.4 is 10.2 Å². The highest BCUT2D eigenvalue weighted by atomic mass is 35.5. The van der Waals surface area contributed by atoms with Gasteiger partial charge in [-0.1, -0.05) is 23.7 Å². The summed E-state index contributed by atoms with van der Waals surface area (Å²) in [5.74, 6) is 1.26. The second-order valence-electron chi connectivity index (χ2n) is 3.17. The standard InChI is InChI=1S/C12H10ClNO2/c13-11-3-1-2-4-12(11)16-10-7-5-9(14-15)6-8-10/h1-8,14-15H. The van der Waals surface area contributed by atoms with E-state index in [9.17, 15) is 0 Å². The molecule has 0 radical (unpaired) electrons. The molecule has 82 valence electrons. The van der Waals surface area contributed by atoms with Crippen LogP contribution >= 0.6 is 11.6 Å². The fourth-order valence-electron chi connectivity index (χ4n) is 1.25. The molecule has 0 saturated heterocycles. The zero-order valence-corrected chi connectivity index (χ0v) is 9.11. The fraction of sp³-hybridized carbons (Fsp3) is 0. The van der Waals surface area contributed by atoms with Crippen LogP contribution in [0.2, 0.25) is 5.02 Å². The molecule has 4 heteroatoms. The van der Waals surface area contributed by atoms with Crippen molar-refractivity contribution in [3.05, 3.63) is 53.6 Å². The fourth-order valence-corrected chi connectivity index (χ4v) is 1.43. The van der Waals surface area contributed by atoms with Crippen LogP contribution in [0.25, 0.3) is 0 Å². The van der Waals surface area contributed by atoms with Gasteiger partial charge in [0.25, 0.3) is 0 Å². The molecule has 0 amide bonds. The molecule has 3 nitrogen and oxygen atoms in total. The van der Waals surface area contributed by atoms with E-state index in [1.54, 1.807) is 36.4 Å². The zero-order chi connectivity index (χ0) is 11.4. The molecule has 2 aromatic rings. The van der Waals surface area contributed by atoms with Crippen LogP contribution in [0.5, 0.6) is 11.5 Å². The van der Waals surface area contributed by atoms with Gasteiger partial charge in [0.2, 0.25) is 0 Å². The average Bonchev–Trinajstić information content (AvgIpc) is 2.33. The smallest absolute Gasteiger partial charge is 0.146 e. The SMILES string of the molecule is ONc1ccc(Oc2ccccc2Cl)cc1. The first-order valence-corrected chi connectivity index (χ1v) is 5.10. The Balaban J connectivity index is 2.18. The number of halogens is 1. The second-order valence-corrected chi connectivity index (χ2v) is 3.58. The maximum Gasteiger partial charge on any atom is 0.146 e. The van der Waals surface area contributed by atoms with E-state index in [0.29, 0.717) is 22.2 Å². The van der Waals surface area contributed by atoms with E-state index in [4.69, 9.17) is 21.5 Å². The summed E-state index contributed by atoms with van der Waals surface area (Å²) in [5.41, 5.74) is 2.65. The summed E-state index contributed by atoms with van der Waals surface area (Å²) in [6.45, 7) is 0. The lowest BCUT2D eigenvalue weighted by Crippen LogP contribution is -1.89. The van der Waals surface area contributed by atoms with Crippen LogP contribution in [0.15, 0.2) is 48.5 Å². The summed E-state index contributed by atoms with van der Waals surface area (Å²) in [7, 11) is 0.